The van der Waals surface area contributed by atoms with Crippen LogP contribution >= 0.6 is 0 Å². The Kier molecular flexibility index (Phi) is 5.62. The number of halogens is 1. The lowest BCUT2D eigenvalue weighted by Gasteiger charge is -2.22. The summed E-state index contributed by atoms with van der Waals surface area (Å²) in [7, 11) is 0. The lowest BCUT2D eigenvalue weighted by molar-refractivity contribution is 0.630. The SMILES string of the molecule is Fc1ccc2c(c1)c1ccccc1c1c(-c3ccccc3)c3cc4c(cc3c(-c3ccccc3)c21)-c1ccc2c3cccc5cccc(c6ccc-4c1c62)c53. The van der Waals surface area contributed by atoms with Gasteiger partial charge in [-0.05, 0) is 155 Å². The molecule has 12 aromatic carbocycles. The second-order valence-electron chi connectivity index (χ2n) is 15.2. The van der Waals surface area contributed by atoms with Gasteiger partial charge in [0, 0.05) is 0 Å². The van der Waals surface area contributed by atoms with E-state index >= 15 is 4.39 Å². The molecule has 55 heavy (non-hydrogen) atoms. The van der Waals surface area contributed by atoms with E-state index in [9.17, 15) is 0 Å². The summed E-state index contributed by atoms with van der Waals surface area (Å²) >= 11 is 0. The van der Waals surface area contributed by atoms with Crippen LogP contribution in [0.15, 0.2) is 176 Å². The van der Waals surface area contributed by atoms with Crippen LogP contribution in [0.3, 0.4) is 0 Å². The van der Waals surface area contributed by atoms with Crippen LogP contribution in [0.4, 0.5) is 4.39 Å². The van der Waals surface area contributed by atoms with E-state index in [0.29, 0.717) is 0 Å². The molecule has 1 aliphatic carbocycles. The van der Waals surface area contributed by atoms with E-state index in [4.69, 9.17) is 0 Å². The van der Waals surface area contributed by atoms with Gasteiger partial charge in [0.1, 0.15) is 5.82 Å². The predicted molar refractivity (Wildman–Crippen MR) is 233 cm³/mol. The van der Waals surface area contributed by atoms with Gasteiger partial charge in [-0.1, -0.05) is 152 Å². The molecule has 0 spiro atoms. The Balaban J connectivity index is 1.27. The Hall–Kier alpha value is -7.09. The smallest absolute Gasteiger partial charge is 0.123 e. The third-order valence-electron chi connectivity index (χ3n) is 12.5. The second-order valence-corrected chi connectivity index (χ2v) is 15.2. The van der Waals surface area contributed by atoms with Crippen LogP contribution in [-0.2, 0) is 0 Å². The average molecular weight is 697 g/mol. The second kappa shape index (κ2) is 10.5. The Morgan fingerprint density at radius 1 is 0.255 bits per heavy atom. The molecule has 252 valence electrons. The molecule has 0 amide bonds. The van der Waals surface area contributed by atoms with Crippen LogP contribution in [0, 0.1) is 5.82 Å². The van der Waals surface area contributed by atoms with E-state index < -0.39 is 0 Å². The minimum Gasteiger partial charge on any atom is -0.207 e. The number of fused-ring (bicyclic) bond motifs is 12. The Labute approximate surface area is 315 Å². The monoisotopic (exact) mass is 696 g/mol. The molecule has 0 atom stereocenters. The molecule has 0 unspecified atom stereocenters. The predicted octanol–water partition coefficient (Wildman–Crippen LogP) is 15.5. The van der Waals surface area contributed by atoms with E-state index in [2.05, 4.69) is 158 Å². The molecule has 0 fully saturated rings. The quantitative estimate of drug-likeness (QED) is 0.125. The molecule has 0 bridgehead atoms. The molecule has 0 aromatic heterocycles. The number of benzene rings is 12. The summed E-state index contributed by atoms with van der Waals surface area (Å²) < 4.78 is 15.2. The topological polar surface area (TPSA) is 0 Å². The minimum absolute atomic E-state index is 0.225. The maximum atomic E-state index is 15.2. The molecule has 0 saturated heterocycles. The van der Waals surface area contributed by atoms with Gasteiger partial charge in [-0.3, -0.25) is 0 Å². The van der Waals surface area contributed by atoms with Crippen LogP contribution in [0.25, 0.3) is 131 Å². The lowest BCUT2D eigenvalue weighted by atomic mass is 9.80. The normalized spacial score (nSPS) is 12.5. The van der Waals surface area contributed by atoms with Gasteiger partial charge in [0.05, 0.1) is 0 Å². The molecule has 0 saturated carbocycles. The highest BCUT2D eigenvalue weighted by Crippen LogP contribution is 2.56. The standard InChI is InChI=1S/C54H29F/c55-33-21-22-42-43(27-33)34-17-7-8-18-35(34)53-49(31-11-3-1-4-12-31)46-28-44-40-25-23-38-36-19-9-15-30-16-10-20-37(48(30)36)39-24-26-41(52(40)51(38)39)45(44)29-47(46)50(54(42)53)32-13-5-2-6-14-32/h1-29H. The fourth-order valence-corrected chi connectivity index (χ4v) is 10.4. The summed E-state index contributed by atoms with van der Waals surface area (Å²) in [6.45, 7) is 0. The summed E-state index contributed by atoms with van der Waals surface area (Å²) in [4.78, 5) is 0. The van der Waals surface area contributed by atoms with E-state index in [1.165, 1.54) is 98.2 Å². The first-order valence-corrected chi connectivity index (χ1v) is 19.0. The Bertz CT molecular complexity index is 3580. The zero-order valence-corrected chi connectivity index (χ0v) is 29.6. The number of rotatable bonds is 2. The van der Waals surface area contributed by atoms with Crippen LogP contribution in [0.1, 0.15) is 0 Å². The van der Waals surface area contributed by atoms with E-state index in [0.717, 1.165) is 32.5 Å². The van der Waals surface area contributed by atoms with Gasteiger partial charge in [-0.2, -0.15) is 0 Å². The third-order valence-corrected chi connectivity index (χ3v) is 12.5. The van der Waals surface area contributed by atoms with Crippen LogP contribution in [0.5, 0.6) is 0 Å². The number of hydrogen-bond acceptors (Lipinski definition) is 0. The molecule has 0 heterocycles. The fourth-order valence-electron chi connectivity index (χ4n) is 10.4. The van der Waals surface area contributed by atoms with Crippen molar-refractivity contribution < 1.29 is 4.39 Å². The van der Waals surface area contributed by atoms with Crippen LogP contribution in [0.2, 0.25) is 0 Å². The van der Waals surface area contributed by atoms with Crippen molar-refractivity contribution >= 4 is 86.2 Å². The molecule has 0 N–H and O–H groups in total. The van der Waals surface area contributed by atoms with Gasteiger partial charge in [0.15, 0.2) is 0 Å². The average Bonchev–Trinajstić information content (AvgIpc) is 3.56. The summed E-state index contributed by atoms with van der Waals surface area (Å²) in [6.07, 6.45) is 0. The molecular formula is C54H29F. The van der Waals surface area contributed by atoms with Gasteiger partial charge in [-0.15, -0.1) is 0 Å². The summed E-state index contributed by atoms with van der Waals surface area (Å²) in [5, 5.41) is 19.5. The molecule has 13 rings (SSSR count). The minimum atomic E-state index is -0.225. The van der Waals surface area contributed by atoms with Gasteiger partial charge < -0.3 is 0 Å². The largest absolute Gasteiger partial charge is 0.207 e. The molecule has 12 aromatic rings. The van der Waals surface area contributed by atoms with Crippen molar-refractivity contribution in [2.75, 3.05) is 0 Å². The van der Waals surface area contributed by atoms with Crippen LogP contribution < -0.4 is 0 Å². The highest BCUT2D eigenvalue weighted by molar-refractivity contribution is 6.40. The van der Waals surface area contributed by atoms with Crippen molar-refractivity contribution in [3.05, 3.63) is 182 Å². The molecular weight excluding hydrogens is 668 g/mol. The highest BCUT2D eigenvalue weighted by atomic mass is 19.1. The Morgan fingerprint density at radius 2 is 0.709 bits per heavy atom. The first kappa shape index (κ1) is 29.4. The van der Waals surface area contributed by atoms with Crippen molar-refractivity contribution in [1.29, 1.82) is 0 Å². The van der Waals surface area contributed by atoms with Gasteiger partial charge in [0.25, 0.3) is 0 Å². The van der Waals surface area contributed by atoms with E-state index in [1.807, 2.05) is 6.07 Å². The van der Waals surface area contributed by atoms with Crippen molar-refractivity contribution in [1.82, 2.24) is 0 Å². The first-order chi connectivity index (χ1) is 27.2. The van der Waals surface area contributed by atoms with Crippen molar-refractivity contribution in [2.24, 2.45) is 0 Å². The van der Waals surface area contributed by atoms with Crippen molar-refractivity contribution in [2.45, 2.75) is 0 Å². The molecule has 0 nitrogen and oxygen atoms in total. The maximum Gasteiger partial charge on any atom is 0.123 e. The zero-order chi connectivity index (χ0) is 35.9. The summed E-state index contributed by atoms with van der Waals surface area (Å²) in [6, 6.07) is 63.4. The Morgan fingerprint density at radius 3 is 1.29 bits per heavy atom. The van der Waals surface area contributed by atoms with Crippen molar-refractivity contribution in [3.8, 4) is 44.5 Å². The van der Waals surface area contributed by atoms with E-state index in [-0.39, 0.29) is 5.82 Å². The molecule has 1 aliphatic rings. The summed E-state index contributed by atoms with van der Waals surface area (Å²) in [5.41, 5.74) is 9.81. The van der Waals surface area contributed by atoms with Crippen molar-refractivity contribution in [3.63, 3.8) is 0 Å². The first-order valence-electron chi connectivity index (χ1n) is 19.0. The third kappa shape index (κ3) is 3.75. The van der Waals surface area contributed by atoms with Gasteiger partial charge in [0.2, 0.25) is 0 Å². The summed E-state index contributed by atoms with van der Waals surface area (Å²) in [5.74, 6) is -0.225. The molecule has 0 radical (unpaired) electrons. The molecule has 0 aliphatic heterocycles. The fraction of sp³-hybridized carbons (Fsp3) is 0. The van der Waals surface area contributed by atoms with Gasteiger partial charge in [-0.25, -0.2) is 4.39 Å². The van der Waals surface area contributed by atoms with E-state index in [1.54, 1.807) is 12.1 Å². The van der Waals surface area contributed by atoms with Crippen LogP contribution in [-0.4, -0.2) is 0 Å². The number of hydrogen-bond donors (Lipinski definition) is 0. The highest BCUT2D eigenvalue weighted by Gasteiger charge is 2.29. The zero-order valence-electron chi connectivity index (χ0n) is 29.6. The maximum absolute atomic E-state index is 15.2. The van der Waals surface area contributed by atoms with Gasteiger partial charge >= 0.3 is 0 Å². The molecule has 1 heteroatoms. The lowest BCUT2D eigenvalue weighted by Crippen LogP contribution is -1.95.